The number of ether oxygens (including phenoxy) is 2. The Morgan fingerprint density at radius 3 is 2.45 bits per heavy atom. The van der Waals surface area contributed by atoms with Gasteiger partial charge in [0.1, 0.15) is 23.8 Å². The van der Waals surface area contributed by atoms with Crippen LogP contribution < -0.4 is 15.2 Å². The van der Waals surface area contributed by atoms with Gasteiger partial charge in [-0.15, -0.1) is 0 Å². The van der Waals surface area contributed by atoms with E-state index in [0.29, 0.717) is 28.8 Å². The van der Waals surface area contributed by atoms with E-state index in [2.05, 4.69) is 0 Å². The van der Waals surface area contributed by atoms with Gasteiger partial charge in [-0.05, 0) is 32.0 Å². The lowest BCUT2D eigenvalue weighted by atomic mass is 10.2. The quantitative estimate of drug-likeness (QED) is 0.836. The average Bonchev–Trinajstić information content (AvgIpc) is 2.41. The van der Waals surface area contributed by atoms with E-state index in [-0.39, 0.29) is 6.10 Å². The second-order valence-electron chi connectivity index (χ2n) is 4.71. The molecule has 0 unspecified atom stereocenters. The molecule has 0 heterocycles. The van der Waals surface area contributed by atoms with Gasteiger partial charge in [-0.1, -0.05) is 35.9 Å². The minimum Gasteiger partial charge on any atom is -0.489 e. The van der Waals surface area contributed by atoms with Crippen LogP contribution in [0.5, 0.6) is 11.5 Å². The predicted octanol–water partition coefficient (Wildman–Crippen LogP) is 4.29. The first-order chi connectivity index (χ1) is 9.58. The van der Waals surface area contributed by atoms with E-state index >= 15 is 0 Å². The highest BCUT2D eigenvalue weighted by Crippen LogP contribution is 2.32. The van der Waals surface area contributed by atoms with Gasteiger partial charge < -0.3 is 15.2 Å². The van der Waals surface area contributed by atoms with Crippen LogP contribution in [0.2, 0.25) is 5.02 Å². The fourth-order valence-electron chi connectivity index (χ4n) is 1.78. The van der Waals surface area contributed by atoms with Crippen LogP contribution in [0.15, 0.2) is 42.5 Å². The molecule has 0 bridgehead atoms. The molecular formula is C16H18ClNO2. The van der Waals surface area contributed by atoms with E-state index in [1.807, 2.05) is 56.3 Å². The molecule has 2 rings (SSSR count). The molecule has 0 fully saturated rings. The SMILES string of the molecule is CC(C)Oc1cccc(OCc2ccccc2Cl)c1N. The van der Waals surface area contributed by atoms with Gasteiger partial charge in [0.15, 0.2) is 0 Å². The molecule has 0 aliphatic rings. The van der Waals surface area contributed by atoms with Crippen LogP contribution in [0.1, 0.15) is 19.4 Å². The molecule has 0 aliphatic heterocycles. The highest BCUT2D eigenvalue weighted by molar-refractivity contribution is 6.31. The Kier molecular flexibility index (Phi) is 4.74. The summed E-state index contributed by atoms with van der Waals surface area (Å²) in [5.74, 6) is 1.24. The average molecular weight is 292 g/mol. The Labute approximate surface area is 124 Å². The van der Waals surface area contributed by atoms with Crippen molar-refractivity contribution in [2.75, 3.05) is 5.73 Å². The van der Waals surface area contributed by atoms with Gasteiger partial charge >= 0.3 is 0 Å². The lowest BCUT2D eigenvalue weighted by molar-refractivity contribution is 0.241. The second-order valence-corrected chi connectivity index (χ2v) is 5.12. The summed E-state index contributed by atoms with van der Waals surface area (Å²) in [6, 6.07) is 13.1. The minimum absolute atomic E-state index is 0.0658. The van der Waals surface area contributed by atoms with Gasteiger partial charge in [0.25, 0.3) is 0 Å². The highest BCUT2D eigenvalue weighted by atomic mass is 35.5. The number of benzene rings is 2. The summed E-state index contributed by atoms with van der Waals surface area (Å²) in [5, 5.41) is 0.681. The van der Waals surface area contributed by atoms with Crippen molar-refractivity contribution in [2.45, 2.75) is 26.6 Å². The summed E-state index contributed by atoms with van der Waals surface area (Å²) < 4.78 is 11.4. The van der Waals surface area contributed by atoms with Crippen LogP contribution in [-0.4, -0.2) is 6.10 Å². The van der Waals surface area contributed by atoms with Crippen LogP contribution in [0.3, 0.4) is 0 Å². The molecule has 0 amide bonds. The molecule has 0 spiro atoms. The topological polar surface area (TPSA) is 44.5 Å². The largest absolute Gasteiger partial charge is 0.489 e. The number of halogens is 1. The standard InChI is InChI=1S/C16H18ClNO2/c1-11(2)20-15-9-5-8-14(16(15)18)19-10-12-6-3-4-7-13(12)17/h3-9,11H,10,18H2,1-2H3. The maximum atomic E-state index is 6.09. The highest BCUT2D eigenvalue weighted by Gasteiger charge is 2.09. The van der Waals surface area contributed by atoms with Gasteiger partial charge in [-0.3, -0.25) is 0 Å². The molecule has 0 aliphatic carbocycles. The van der Waals surface area contributed by atoms with Gasteiger partial charge in [0, 0.05) is 10.6 Å². The van der Waals surface area contributed by atoms with Crippen molar-refractivity contribution >= 4 is 17.3 Å². The number of hydrogen-bond donors (Lipinski definition) is 1. The number of hydrogen-bond acceptors (Lipinski definition) is 3. The molecule has 0 saturated heterocycles. The van der Waals surface area contributed by atoms with Crippen molar-refractivity contribution in [3.05, 3.63) is 53.1 Å². The van der Waals surface area contributed by atoms with E-state index < -0.39 is 0 Å². The third kappa shape index (κ3) is 3.58. The van der Waals surface area contributed by atoms with Crippen molar-refractivity contribution < 1.29 is 9.47 Å². The van der Waals surface area contributed by atoms with E-state index in [0.717, 1.165) is 5.56 Å². The summed E-state index contributed by atoms with van der Waals surface area (Å²) in [6.07, 6.45) is 0.0658. The maximum Gasteiger partial charge on any atom is 0.146 e. The van der Waals surface area contributed by atoms with Crippen LogP contribution >= 0.6 is 11.6 Å². The fraction of sp³-hybridized carbons (Fsp3) is 0.250. The Bertz CT molecular complexity index is 584. The lowest BCUT2D eigenvalue weighted by Gasteiger charge is -2.15. The minimum atomic E-state index is 0.0658. The third-order valence-corrected chi connectivity index (χ3v) is 3.10. The van der Waals surface area contributed by atoms with Gasteiger partial charge in [-0.25, -0.2) is 0 Å². The Hall–Kier alpha value is -1.87. The van der Waals surface area contributed by atoms with Crippen molar-refractivity contribution in [2.24, 2.45) is 0 Å². The molecule has 0 aromatic heterocycles. The summed E-state index contributed by atoms with van der Waals surface area (Å²) in [5.41, 5.74) is 7.48. The number of para-hydroxylation sites is 1. The molecule has 106 valence electrons. The molecule has 0 radical (unpaired) electrons. The number of rotatable bonds is 5. The molecule has 2 N–H and O–H groups in total. The van der Waals surface area contributed by atoms with Crippen LogP contribution in [0.25, 0.3) is 0 Å². The van der Waals surface area contributed by atoms with Crippen LogP contribution in [-0.2, 0) is 6.61 Å². The summed E-state index contributed by atoms with van der Waals surface area (Å²) in [6.45, 7) is 4.28. The molecule has 0 atom stereocenters. The number of nitrogen functional groups attached to an aromatic ring is 1. The van der Waals surface area contributed by atoms with Gasteiger partial charge in [-0.2, -0.15) is 0 Å². The smallest absolute Gasteiger partial charge is 0.146 e. The van der Waals surface area contributed by atoms with Crippen molar-refractivity contribution in [1.82, 2.24) is 0 Å². The predicted molar refractivity (Wildman–Crippen MR) is 82.4 cm³/mol. The van der Waals surface area contributed by atoms with Gasteiger partial charge in [0.2, 0.25) is 0 Å². The third-order valence-electron chi connectivity index (χ3n) is 2.73. The van der Waals surface area contributed by atoms with E-state index in [1.165, 1.54) is 0 Å². The lowest BCUT2D eigenvalue weighted by Crippen LogP contribution is -2.08. The normalized spacial score (nSPS) is 10.6. The van der Waals surface area contributed by atoms with Gasteiger partial charge in [0.05, 0.1) is 6.10 Å². The first kappa shape index (κ1) is 14.5. The van der Waals surface area contributed by atoms with E-state index in [4.69, 9.17) is 26.8 Å². The molecule has 2 aromatic rings. The fourth-order valence-corrected chi connectivity index (χ4v) is 1.97. The first-order valence-electron chi connectivity index (χ1n) is 6.49. The first-order valence-corrected chi connectivity index (χ1v) is 6.87. The summed E-state index contributed by atoms with van der Waals surface area (Å²) >= 11 is 6.09. The van der Waals surface area contributed by atoms with Crippen molar-refractivity contribution in [3.8, 4) is 11.5 Å². The molecule has 20 heavy (non-hydrogen) atoms. The monoisotopic (exact) mass is 291 g/mol. The zero-order chi connectivity index (χ0) is 14.5. The van der Waals surface area contributed by atoms with Crippen LogP contribution in [0, 0.1) is 0 Å². The Morgan fingerprint density at radius 2 is 1.75 bits per heavy atom. The van der Waals surface area contributed by atoms with E-state index in [1.54, 1.807) is 0 Å². The summed E-state index contributed by atoms with van der Waals surface area (Å²) in [4.78, 5) is 0. The molecule has 3 nitrogen and oxygen atoms in total. The van der Waals surface area contributed by atoms with Crippen molar-refractivity contribution in [1.29, 1.82) is 0 Å². The van der Waals surface area contributed by atoms with Crippen molar-refractivity contribution in [3.63, 3.8) is 0 Å². The molecule has 4 heteroatoms. The van der Waals surface area contributed by atoms with E-state index in [9.17, 15) is 0 Å². The zero-order valence-electron chi connectivity index (χ0n) is 11.6. The molecule has 2 aromatic carbocycles. The second kappa shape index (κ2) is 6.53. The number of nitrogens with two attached hydrogens (primary N) is 1. The zero-order valence-corrected chi connectivity index (χ0v) is 12.4. The number of anilines is 1. The molecule has 0 saturated carbocycles. The maximum absolute atomic E-state index is 6.09. The van der Waals surface area contributed by atoms with Crippen LogP contribution in [0.4, 0.5) is 5.69 Å². The Morgan fingerprint density at radius 1 is 1.05 bits per heavy atom. The summed E-state index contributed by atoms with van der Waals surface area (Å²) in [7, 11) is 0. The molecular weight excluding hydrogens is 274 g/mol. The Balaban J connectivity index is 2.12.